The van der Waals surface area contributed by atoms with Gasteiger partial charge in [-0.05, 0) is 30.3 Å². The molecule has 4 nitrogen and oxygen atoms in total. The molecule has 0 saturated carbocycles. The zero-order valence-electron chi connectivity index (χ0n) is 11.2. The molecule has 0 aliphatic rings. The number of carbonyl (C=O) groups is 1. The van der Waals surface area contributed by atoms with E-state index >= 15 is 0 Å². The maximum Gasteiger partial charge on any atom is 0.258 e. The van der Waals surface area contributed by atoms with E-state index in [1.807, 2.05) is 25.1 Å². The third-order valence-corrected chi connectivity index (χ3v) is 2.78. The summed E-state index contributed by atoms with van der Waals surface area (Å²) in [5.41, 5.74) is 1.68. The molecule has 2 aromatic rings. The Labute approximate surface area is 117 Å². The lowest BCUT2D eigenvalue weighted by Crippen LogP contribution is -2.15. The van der Waals surface area contributed by atoms with E-state index in [0.717, 1.165) is 24.8 Å². The first-order chi connectivity index (χ1) is 9.70. The number of hydrogen-bond donors (Lipinski definition) is 2. The highest BCUT2D eigenvalue weighted by molar-refractivity contribution is 6.04. The molecule has 1 aromatic carbocycles. The van der Waals surface area contributed by atoms with Crippen molar-refractivity contribution < 1.29 is 9.18 Å². The maximum atomic E-state index is 13.5. The average molecular weight is 273 g/mol. The van der Waals surface area contributed by atoms with Gasteiger partial charge in [0.2, 0.25) is 0 Å². The highest BCUT2D eigenvalue weighted by atomic mass is 19.1. The van der Waals surface area contributed by atoms with Crippen molar-refractivity contribution in [2.75, 3.05) is 11.9 Å². The molecule has 1 aromatic heterocycles. The van der Waals surface area contributed by atoms with Crippen molar-refractivity contribution in [3.05, 3.63) is 59.7 Å². The van der Waals surface area contributed by atoms with Crippen LogP contribution in [0.15, 0.2) is 42.7 Å². The summed E-state index contributed by atoms with van der Waals surface area (Å²) in [5, 5.41) is 5.89. The van der Waals surface area contributed by atoms with E-state index in [1.54, 1.807) is 6.07 Å². The van der Waals surface area contributed by atoms with Gasteiger partial charge in [0, 0.05) is 18.4 Å². The largest absolute Gasteiger partial charge is 0.322 e. The molecule has 0 saturated heterocycles. The molecule has 0 radical (unpaired) electrons. The molecular formula is C15H16FN3O. The van der Waals surface area contributed by atoms with Gasteiger partial charge in [-0.15, -0.1) is 0 Å². The number of hydrogen-bond acceptors (Lipinski definition) is 3. The van der Waals surface area contributed by atoms with Gasteiger partial charge in [0.25, 0.3) is 5.91 Å². The Kier molecular flexibility index (Phi) is 4.79. The van der Waals surface area contributed by atoms with Crippen LogP contribution in [0.1, 0.15) is 22.8 Å². The van der Waals surface area contributed by atoms with Crippen molar-refractivity contribution in [1.29, 1.82) is 0 Å². The Hall–Kier alpha value is -2.27. The molecule has 2 rings (SSSR count). The van der Waals surface area contributed by atoms with Crippen molar-refractivity contribution in [3.63, 3.8) is 0 Å². The van der Waals surface area contributed by atoms with Gasteiger partial charge in [0.05, 0.1) is 11.8 Å². The van der Waals surface area contributed by atoms with Crippen molar-refractivity contribution in [2.45, 2.75) is 13.5 Å². The average Bonchev–Trinajstić information content (AvgIpc) is 2.46. The van der Waals surface area contributed by atoms with E-state index in [4.69, 9.17) is 0 Å². The number of benzene rings is 1. The van der Waals surface area contributed by atoms with E-state index in [-0.39, 0.29) is 5.56 Å². The number of pyridine rings is 1. The number of carbonyl (C=O) groups excluding carboxylic acids is 1. The first kappa shape index (κ1) is 14.1. The fraction of sp³-hybridized carbons (Fsp3) is 0.200. The Bertz CT molecular complexity index is 601. The first-order valence-corrected chi connectivity index (χ1v) is 6.41. The molecule has 0 aliphatic carbocycles. The summed E-state index contributed by atoms with van der Waals surface area (Å²) in [6, 6.07) is 8.80. The van der Waals surface area contributed by atoms with Gasteiger partial charge < -0.3 is 10.6 Å². The molecule has 0 unspecified atom stereocenters. The van der Waals surface area contributed by atoms with Gasteiger partial charge in [-0.1, -0.05) is 19.1 Å². The zero-order chi connectivity index (χ0) is 14.4. The minimum Gasteiger partial charge on any atom is -0.322 e. The molecule has 0 aliphatic heterocycles. The number of aromatic nitrogens is 1. The van der Waals surface area contributed by atoms with Crippen LogP contribution in [0.4, 0.5) is 10.1 Å². The predicted octanol–water partition coefficient (Wildman–Crippen LogP) is 2.58. The predicted molar refractivity (Wildman–Crippen MR) is 76.0 cm³/mol. The molecule has 1 heterocycles. The third kappa shape index (κ3) is 3.61. The number of nitrogens with one attached hydrogen (secondary N) is 2. The van der Waals surface area contributed by atoms with Gasteiger partial charge in [0.1, 0.15) is 0 Å². The summed E-state index contributed by atoms with van der Waals surface area (Å²) in [6.07, 6.45) is 2.41. The van der Waals surface area contributed by atoms with Gasteiger partial charge >= 0.3 is 0 Å². The van der Waals surface area contributed by atoms with Crippen LogP contribution in [-0.2, 0) is 6.54 Å². The minimum atomic E-state index is -0.631. The highest BCUT2D eigenvalue weighted by Gasteiger charge is 2.11. The van der Waals surface area contributed by atoms with Gasteiger partial charge in [-0.3, -0.25) is 9.78 Å². The maximum absolute atomic E-state index is 13.5. The first-order valence-electron chi connectivity index (χ1n) is 6.41. The summed E-state index contributed by atoms with van der Waals surface area (Å²) in [4.78, 5) is 15.6. The van der Waals surface area contributed by atoms with E-state index in [0.29, 0.717) is 5.69 Å². The molecule has 0 fully saturated rings. The van der Waals surface area contributed by atoms with E-state index in [1.165, 1.54) is 12.3 Å². The fourth-order valence-electron chi connectivity index (χ4n) is 1.79. The summed E-state index contributed by atoms with van der Waals surface area (Å²) in [7, 11) is 0. The molecule has 5 heteroatoms. The number of amides is 1. The standard InChI is InChI=1S/C15H16FN3O/c1-2-17-9-11-4-3-5-12(8-11)19-15(20)13-6-7-18-10-14(13)16/h3-8,10,17H,2,9H2,1H3,(H,19,20). The molecular weight excluding hydrogens is 257 g/mol. The molecule has 0 spiro atoms. The second kappa shape index (κ2) is 6.77. The second-order valence-electron chi connectivity index (χ2n) is 4.29. The fourth-order valence-corrected chi connectivity index (χ4v) is 1.79. The van der Waals surface area contributed by atoms with E-state index < -0.39 is 11.7 Å². The lowest BCUT2D eigenvalue weighted by Gasteiger charge is -2.08. The van der Waals surface area contributed by atoms with E-state index in [9.17, 15) is 9.18 Å². The summed E-state index contributed by atoms with van der Waals surface area (Å²) in [6.45, 7) is 3.63. The van der Waals surface area contributed by atoms with Gasteiger partial charge in [-0.25, -0.2) is 4.39 Å². The zero-order valence-corrected chi connectivity index (χ0v) is 11.2. The van der Waals surface area contributed by atoms with Crippen LogP contribution in [0, 0.1) is 5.82 Å². The van der Waals surface area contributed by atoms with Crippen LogP contribution >= 0.6 is 0 Å². The van der Waals surface area contributed by atoms with Crippen molar-refractivity contribution in [1.82, 2.24) is 10.3 Å². The molecule has 2 N–H and O–H groups in total. The minimum absolute atomic E-state index is 0.0166. The summed E-state index contributed by atoms with van der Waals surface area (Å²) >= 11 is 0. The van der Waals surface area contributed by atoms with Crippen LogP contribution < -0.4 is 10.6 Å². The Morgan fingerprint density at radius 3 is 2.95 bits per heavy atom. The smallest absolute Gasteiger partial charge is 0.258 e. The second-order valence-corrected chi connectivity index (χ2v) is 4.29. The van der Waals surface area contributed by atoms with Crippen LogP contribution in [0.25, 0.3) is 0 Å². The number of anilines is 1. The SMILES string of the molecule is CCNCc1cccc(NC(=O)c2ccncc2F)c1. The Balaban J connectivity index is 2.10. The topological polar surface area (TPSA) is 54.0 Å². The highest BCUT2D eigenvalue weighted by Crippen LogP contribution is 2.13. The van der Waals surface area contributed by atoms with Gasteiger partial charge in [0.15, 0.2) is 5.82 Å². The monoisotopic (exact) mass is 273 g/mol. The van der Waals surface area contributed by atoms with Crippen LogP contribution in [0.2, 0.25) is 0 Å². The molecule has 1 amide bonds. The summed E-state index contributed by atoms with van der Waals surface area (Å²) in [5.74, 6) is -1.11. The lowest BCUT2D eigenvalue weighted by atomic mass is 10.2. The van der Waals surface area contributed by atoms with Crippen molar-refractivity contribution >= 4 is 11.6 Å². The molecule has 0 atom stereocenters. The van der Waals surface area contributed by atoms with Crippen LogP contribution in [-0.4, -0.2) is 17.4 Å². The number of halogens is 1. The lowest BCUT2D eigenvalue weighted by molar-refractivity contribution is 0.102. The van der Waals surface area contributed by atoms with Crippen molar-refractivity contribution in [2.24, 2.45) is 0 Å². The summed E-state index contributed by atoms with van der Waals surface area (Å²) < 4.78 is 13.5. The van der Waals surface area contributed by atoms with Gasteiger partial charge in [-0.2, -0.15) is 0 Å². The number of nitrogens with zero attached hydrogens (tertiary/aromatic N) is 1. The molecule has 104 valence electrons. The van der Waals surface area contributed by atoms with Crippen LogP contribution in [0.5, 0.6) is 0 Å². The third-order valence-electron chi connectivity index (χ3n) is 2.78. The normalized spacial score (nSPS) is 10.3. The Morgan fingerprint density at radius 2 is 2.20 bits per heavy atom. The Morgan fingerprint density at radius 1 is 1.35 bits per heavy atom. The van der Waals surface area contributed by atoms with E-state index in [2.05, 4.69) is 15.6 Å². The van der Waals surface area contributed by atoms with Crippen LogP contribution in [0.3, 0.4) is 0 Å². The molecule has 0 bridgehead atoms. The quantitative estimate of drug-likeness (QED) is 0.880. The van der Waals surface area contributed by atoms with Crippen molar-refractivity contribution in [3.8, 4) is 0 Å². The number of rotatable bonds is 5. The molecule has 20 heavy (non-hydrogen) atoms.